The predicted octanol–water partition coefficient (Wildman–Crippen LogP) is 2.56. The number of phenolic OH excluding ortho intramolecular Hbond substituents is 2. The van der Waals surface area contributed by atoms with Crippen LogP contribution in [-0.2, 0) is 0 Å². The second-order valence-corrected chi connectivity index (χ2v) is 3.08. The summed E-state index contributed by atoms with van der Waals surface area (Å²) < 4.78 is 0. The Kier molecular flexibility index (Phi) is 1.62. The lowest BCUT2D eigenvalue weighted by molar-refractivity contribution is 0.468. The van der Waals surface area contributed by atoms with E-state index in [1.807, 2.05) is 6.07 Å². The molecular formula is C11H10O2. The first-order valence-electron chi connectivity index (χ1n) is 4.10. The Morgan fingerprint density at radius 3 is 2.46 bits per heavy atom. The first-order valence-corrected chi connectivity index (χ1v) is 4.10. The molecule has 0 amide bonds. The molecule has 0 heterocycles. The average molecular weight is 174 g/mol. The van der Waals surface area contributed by atoms with Gasteiger partial charge in [0.05, 0.1) is 0 Å². The number of hydrogen-bond acceptors (Lipinski definition) is 2. The molecule has 66 valence electrons. The minimum absolute atomic E-state index is 0.214. The second kappa shape index (κ2) is 2.66. The Hall–Kier alpha value is -1.70. The fraction of sp³-hybridized carbons (Fsp3) is 0.0909. The minimum Gasteiger partial charge on any atom is -0.508 e. The molecule has 2 aromatic rings. The molecule has 0 aromatic heterocycles. The lowest BCUT2D eigenvalue weighted by atomic mass is 10.0. The highest BCUT2D eigenvalue weighted by molar-refractivity contribution is 5.92. The Labute approximate surface area is 76.1 Å². The summed E-state index contributed by atoms with van der Waals surface area (Å²) in [7, 11) is 0. The molecule has 0 saturated carbocycles. The van der Waals surface area contributed by atoms with E-state index >= 15 is 0 Å². The van der Waals surface area contributed by atoms with Crippen LogP contribution in [0.25, 0.3) is 10.8 Å². The summed E-state index contributed by atoms with van der Waals surface area (Å²) in [6.07, 6.45) is 0. The fourth-order valence-corrected chi connectivity index (χ4v) is 1.53. The molecule has 0 aliphatic rings. The maximum absolute atomic E-state index is 9.57. The number of fused-ring (bicyclic) bond motifs is 1. The van der Waals surface area contributed by atoms with Crippen LogP contribution in [-0.4, -0.2) is 10.2 Å². The van der Waals surface area contributed by atoms with Gasteiger partial charge in [0.15, 0.2) is 0 Å². The summed E-state index contributed by atoms with van der Waals surface area (Å²) in [5.74, 6) is 0.430. The van der Waals surface area contributed by atoms with Crippen molar-refractivity contribution in [3.63, 3.8) is 0 Å². The van der Waals surface area contributed by atoms with Gasteiger partial charge in [-0.3, -0.25) is 0 Å². The van der Waals surface area contributed by atoms with Crippen molar-refractivity contribution < 1.29 is 10.2 Å². The highest BCUT2D eigenvalue weighted by Gasteiger charge is 2.05. The molecule has 0 atom stereocenters. The number of aryl methyl sites for hydroxylation is 1. The topological polar surface area (TPSA) is 40.5 Å². The highest BCUT2D eigenvalue weighted by atomic mass is 16.3. The van der Waals surface area contributed by atoms with Gasteiger partial charge in [0, 0.05) is 10.9 Å². The monoisotopic (exact) mass is 174 g/mol. The number of rotatable bonds is 0. The second-order valence-electron chi connectivity index (χ2n) is 3.08. The van der Waals surface area contributed by atoms with Gasteiger partial charge in [-0.2, -0.15) is 0 Å². The third kappa shape index (κ3) is 1.11. The molecule has 2 heteroatoms. The molecular weight excluding hydrogens is 164 g/mol. The molecule has 0 bridgehead atoms. The largest absolute Gasteiger partial charge is 0.508 e. The number of hydrogen-bond donors (Lipinski definition) is 2. The number of benzene rings is 2. The van der Waals surface area contributed by atoms with Crippen LogP contribution in [0, 0.1) is 6.92 Å². The summed E-state index contributed by atoms with van der Waals surface area (Å²) in [5, 5.41) is 20.7. The SMILES string of the molecule is Cc1c(O)ccc2cccc(O)c12. The van der Waals surface area contributed by atoms with Gasteiger partial charge in [-0.25, -0.2) is 0 Å². The van der Waals surface area contributed by atoms with Gasteiger partial charge in [-0.1, -0.05) is 18.2 Å². The summed E-state index contributed by atoms with van der Waals surface area (Å²) in [6.45, 7) is 1.79. The predicted molar refractivity (Wildman–Crippen MR) is 52.0 cm³/mol. The molecule has 2 nitrogen and oxygen atoms in total. The first-order chi connectivity index (χ1) is 6.20. The van der Waals surface area contributed by atoms with E-state index in [1.165, 1.54) is 0 Å². The van der Waals surface area contributed by atoms with Gasteiger partial charge < -0.3 is 10.2 Å². The van der Waals surface area contributed by atoms with Crippen molar-refractivity contribution in [2.75, 3.05) is 0 Å². The molecule has 0 radical (unpaired) electrons. The average Bonchev–Trinajstić information content (AvgIpc) is 2.12. The molecule has 2 aromatic carbocycles. The maximum atomic E-state index is 9.57. The van der Waals surface area contributed by atoms with E-state index in [1.54, 1.807) is 31.2 Å². The van der Waals surface area contributed by atoms with Crippen LogP contribution in [0.15, 0.2) is 30.3 Å². The summed E-state index contributed by atoms with van der Waals surface area (Å²) in [6, 6.07) is 8.74. The minimum atomic E-state index is 0.214. The molecule has 13 heavy (non-hydrogen) atoms. The molecule has 0 saturated heterocycles. The highest BCUT2D eigenvalue weighted by Crippen LogP contribution is 2.32. The van der Waals surface area contributed by atoms with Gasteiger partial charge in [0.1, 0.15) is 11.5 Å². The number of aromatic hydroxyl groups is 2. The first kappa shape index (κ1) is 7.92. The Morgan fingerprint density at radius 2 is 1.69 bits per heavy atom. The zero-order valence-electron chi connectivity index (χ0n) is 7.28. The molecule has 2 rings (SSSR count). The molecule has 0 fully saturated rings. The normalized spacial score (nSPS) is 10.5. The standard InChI is InChI=1S/C11H10O2/c1-7-9(12)6-5-8-3-2-4-10(13)11(7)8/h2-6,12-13H,1H3. The van der Waals surface area contributed by atoms with Crippen LogP contribution in [0.1, 0.15) is 5.56 Å². The zero-order chi connectivity index (χ0) is 9.42. The van der Waals surface area contributed by atoms with Gasteiger partial charge in [-0.05, 0) is 24.4 Å². The maximum Gasteiger partial charge on any atom is 0.123 e. The number of phenols is 2. The summed E-state index contributed by atoms with van der Waals surface area (Å²) in [4.78, 5) is 0. The van der Waals surface area contributed by atoms with E-state index in [9.17, 15) is 10.2 Å². The van der Waals surface area contributed by atoms with Gasteiger partial charge in [-0.15, -0.1) is 0 Å². The third-order valence-corrected chi connectivity index (χ3v) is 2.25. The molecule has 0 spiro atoms. The van der Waals surface area contributed by atoms with Crippen molar-refractivity contribution in [3.8, 4) is 11.5 Å². The van der Waals surface area contributed by atoms with Crippen molar-refractivity contribution in [3.05, 3.63) is 35.9 Å². The lowest BCUT2D eigenvalue weighted by Gasteiger charge is -2.05. The van der Waals surface area contributed by atoms with Crippen LogP contribution in [0.5, 0.6) is 11.5 Å². The molecule has 0 aliphatic carbocycles. The Bertz CT molecular complexity index is 461. The van der Waals surface area contributed by atoms with E-state index in [4.69, 9.17) is 0 Å². The van der Waals surface area contributed by atoms with E-state index < -0.39 is 0 Å². The summed E-state index contributed by atoms with van der Waals surface area (Å²) in [5.41, 5.74) is 0.718. The van der Waals surface area contributed by atoms with Crippen LogP contribution in [0.3, 0.4) is 0 Å². The van der Waals surface area contributed by atoms with E-state index in [-0.39, 0.29) is 11.5 Å². The summed E-state index contributed by atoms with van der Waals surface area (Å²) >= 11 is 0. The van der Waals surface area contributed by atoms with Crippen LogP contribution < -0.4 is 0 Å². The Morgan fingerprint density at radius 1 is 0.923 bits per heavy atom. The van der Waals surface area contributed by atoms with Crippen LogP contribution >= 0.6 is 0 Å². The van der Waals surface area contributed by atoms with Gasteiger partial charge >= 0.3 is 0 Å². The van der Waals surface area contributed by atoms with Crippen molar-refractivity contribution >= 4 is 10.8 Å². The van der Waals surface area contributed by atoms with Gasteiger partial charge in [0.2, 0.25) is 0 Å². The van der Waals surface area contributed by atoms with Crippen molar-refractivity contribution in [2.24, 2.45) is 0 Å². The quantitative estimate of drug-likeness (QED) is 0.644. The van der Waals surface area contributed by atoms with E-state index in [2.05, 4.69) is 0 Å². The molecule has 2 N–H and O–H groups in total. The molecule has 0 aliphatic heterocycles. The smallest absolute Gasteiger partial charge is 0.123 e. The zero-order valence-corrected chi connectivity index (χ0v) is 7.28. The van der Waals surface area contributed by atoms with Crippen LogP contribution in [0.4, 0.5) is 0 Å². The van der Waals surface area contributed by atoms with Crippen LogP contribution in [0.2, 0.25) is 0 Å². The van der Waals surface area contributed by atoms with Crippen molar-refractivity contribution in [1.29, 1.82) is 0 Å². The molecule has 0 unspecified atom stereocenters. The lowest BCUT2D eigenvalue weighted by Crippen LogP contribution is -1.80. The van der Waals surface area contributed by atoms with Gasteiger partial charge in [0.25, 0.3) is 0 Å². The van der Waals surface area contributed by atoms with E-state index in [0.717, 1.165) is 16.3 Å². The third-order valence-electron chi connectivity index (χ3n) is 2.25. The van der Waals surface area contributed by atoms with E-state index in [0.29, 0.717) is 0 Å². The Balaban J connectivity index is 2.97. The van der Waals surface area contributed by atoms with Crippen molar-refractivity contribution in [1.82, 2.24) is 0 Å². The fourth-order valence-electron chi connectivity index (χ4n) is 1.53. The van der Waals surface area contributed by atoms with Crippen molar-refractivity contribution in [2.45, 2.75) is 6.92 Å².